The van der Waals surface area contributed by atoms with Crippen LogP contribution < -0.4 is 9.30 Å². The van der Waals surface area contributed by atoms with Crippen LogP contribution in [0.1, 0.15) is 0 Å². The monoisotopic (exact) mass is 145 g/mol. The van der Waals surface area contributed by atoms with Gasteiger partial charge in [-0.05, 0) is 16.3 Å². The molecule has 1 aromatic rings. The van der Waals surface area contributed by atoms with Gasteiger partial charge in [0, 0.05) is 6.07 Å². The second kappa shape index (κ2) is 2.47. The normalized spacial score (nSPS) is 9.12. The van der Waals surface area contributed by atoms with Crippen molar-refractivity contribution in [2.45, 2.75) is 0 Å². The summed E-state index contributed by atoms with van der Waals surface area (Å²) < 4.78 is 9.85. The number of hydrogen-bond donors (Lipinski definition) is 0. The Morgan fingerprint density at radius 2 is 2.62 bits per heavy atom. The van der Waals surface area contributed by atoms with Gasteiger partial charge in [-0.25, -0.2) is 0 Å². The van der Waals surface area contributed by atoms with Gasteiger partial charge in [0.15, 0.2) is 7.85 Å². The summed E-state index contributed by atoms with van der Waals surface area (Å²) in [5.41, 5.74) is 0. The molecule has 5 heteroatoms. The average molecular weight is 145 g/mol. The maximum Gasteiger partial charge on any atom is 0.226 e. The quantitative estimate of drug-likeness (QED) is 0.395. The van der Waals surface area contributed by atoms with Crippen LogP contribution in [0.3, 0.4) is 0 Å². The first kappa shape index (κ1) is 6.05. The molecule has 1 heterocycles. The van der Waals surface area contributed by atoms with Crippen LogP contribution in [0.2, 0.25) is 0 Å². The first-order chi connectivity index (χ1) is 3.83. The molecule has 0 saturated heterocycles. The zero-order chi connectivity index (χ0) is 5.98. The summed E-state index contributed by atoms with van der Waals surface area (Å²) >= 11 is 1.44. The van der Waals surface area contributed by atoms with Gasteiger partial charge in [-0.2, -0.15) is 4.37 Å². The van der Waals surface area contributed by atoms with Crippen molar-refractivity contribution in [2.24, 2.45) is 0 Å². The number of nitrogens with zero attached hydrogens (tertiary/aromatic N) is 1. The predicted octanol–water partition coefficient (Wildman–Crippen LogP) is -0.430. The molecule has 0 amide bonds. The second-order valence-corrected chi connectivity index (χ2v) is 2.64. The third-order valence-corrected chi connectivity index (χ3v) is 1.65. The first-order valence-electron chi connectivity index (χ1n) is 2.13. The number of hydrogen-bond acceptors (Lipinski definition) is 3. The van der Waals surface area contributed by atoms with Gasteiger partial charge < -0.3 is 4.52 Å². The van der Waals surface area contributed by atoms with Crippen molar-refractivity contribution in [3.63, 3.8) is 0 Å². The highest BCUT2D eigenvalue weighted by molar-refractivity contribution is 7.15. The molecular formula is C3H5BNOPS. The zero-order valence-electron chi connectivity index (χ0n) is 4.42. The summed E-state index contributed by atoms with van der Waals surface area (Å²) in [5, 5.41) is 0. The van der Waals surface area contributed by atoms with Crippen LogP contribution in [0.15, 0.2) is 6.07 Å². The van der Waals surface area contributed by atoms with Crippen LogP contribution in [0.25, 0.3) is 0 Å². The van der Waals surface area contributed by atoms with Gasteiger partial charge in [0.1, 0.15) is 0 Å². The minimum absolute atomic E-state index is 0.678. The topological polar surface area (TPSA) is 22.1 Å². The van der Waals surface area contributed by atoms with E-state index in [1.807, 2.05) is 13.9 Å². The van der Waals surface area contributed by atoms with E-state index in [-0.39, 0.29) is 0 Å². The van der Waals surface area contributed by atoms with Crippen molar-refractivity contribution < 1.29 is 4.52 Å². The minimum Gasteiger partial charge on any atom is -0.463 e. The molecule has 2 nitrogen and oxygen atoms in total. The fourth-order valence-electron chi connectivity index (χ4n) is 0.399. The van der Waals surface area contributed by atoms with E-state index in [0.717, 1.165) is 0 Å². The molecule has 0 aliphatic heterocycles. The van der Waals surface area contributed by atoms with Gasteiger partial charge in [-0.15, -0.1) is 0 Å². The van der Waals surface area contributed by atoms with Crippen LogP contribution >= 0.6 is 21.0 Å². The lowest BCUT2D eigenvalue weighted by atomic mass is 10.1. The maximum atomic E-state index is 4.75. The second-order valence-electron chi connectivity index (χ2n) is 1.39. The molecule has 0 bridgehead atoms. The summed E-state index contributed by atoms with van der Waals surface area (Å²) in [4.78, 5) is 0. The fraction of sp³-hybridized carbons (Fsp3) is 0. The molecular weight excluding hydrogens is 140 g/mol. The Labute approximate surface area is 55.1 Å². The van der Waals surface area contributed by atoms with E-state index in [1.165, 1.54) is 16.3 Å². The Bertz CT molecular complexity index is 180. The summed E-state index contributed by atoms with van der Waals surface area (Å²) in [6.07, 6.45) is 0. The Morgan fingerprint density at radius 3 is 2.88 bits per heavy atom. The van der Waals surface area contributed by atoms with Crippen LogP contribution in [-0.2, 0) is 0 Å². The maximum absolute atomic E-state index is 4.75. The van der Waals surface area contributed by atoms with Gasteiger partial charge >= 0.3 is 0 Å². The lowest BCUT2D eigenvalue weighted by Gasteiger charge is -1.84. The van der Waals surface area contributed by atoms with Crippen LogP contribution in [0.5, 0.6) is 5.88 Å². The van der Waals surface area contributed by atoms with Crippen molar-refractivity contribution in [2.75, 3.05) is 0 Å². The highest BCUT2D eigenvalue weighted by Crippen LogP contribution is 2.07. The van der Waals surface area contributed by atoms with Gasteiger partial charge in [-0.1, -0.05) is 0 Å². The van der Waals surface area contributed by atoms with E-state index < -0.39 is 0 Å². The van der Waals surface area contributed by atoms with Gasteiger partial charge in [0.25, 0.3) is 0 Å². The minimum atomic E-state index is 0.678. The van der Waals surface area contributed by atoms with Crippen molar-refractivity contribution in [3.05, 3.63) is 6.07 Å². The summed E-state index contributed by atoms with van der Waals surface area (Å²) in [6.45, 7) is 0. The molecule has 0 saturated carbocycles. The van der Waals surface area contributed by atoms with Crippen LogP contribution in [0, 0.1) is 0 Å². The van der Waals surface area contributed by atoms with E-state index in [9.17, 15) is 0 Å². The average Bonchev–Trinajstić information content (AvgIpc) is 2.14. The summed E-state index contributed by atoms with van der Waals surface area (Å²) in [5.74, 6) is 0.678. The third kappa shape index (κ3) is 1.20. The Kier molecular flexibility index (Phi) is 1.87. The Balaban J connectivity index is 2.84. The van der Waals surface area contributed by atoms with E-state index >= 15 is 0 Å². The molecule has 1 aromatic heterocycles. The van der Waals surface area contributed by atoms with Crippen molar-refractivity contribution >= 4 is 33.6 Å². The van der Waals surface area contributed by atoms with E-state index in [2.05, 4.69) is 13.8 Å². The molecule has 0 radical (unpaired) electrons. The molecule has 42 valence electrons. The zero-order valence-corrected chi connectivity index (χ0v) is 6.39. The fourth-order valence-corrected chi connectivity index (χ4v) is 1.08. The highest BCUT2D eigenvalue weighted by Gasteiger charge is 1.92. The van der Waals surface area contributed by atoms with E-state index in [1.54, 1.807) is 0 Å². The van der Waals surface area contributed by atoms with Crippen molar-refractivity contribution in [1.29, 1.82) is 0 Å². The van der Waals surface area contributed by atoms with Gasteiger partial charge in [0.05, 0.1) is 9.47 Å². The molecule has 0 aromatic carbocycles. The van der Waals surface area contributed by atoms with E-state index in [4.69, 9.17) is 4.52 Å². The van der Waals surface area contributed by atoms with Crippen molar-refractivity contribution in [1.82, 2.24) is 4.37 Å². The van der Waals surface area contributed by atoms with Crippen LogP contribution in [-0.4, -0.2) is 12.2 Å². The molecule has 0 fully saturated rings. The predicted molar refractivity (Wildman–Crippen MR) is 40.6 cm³/mol. The van der Waals surface area contributed by atoms with Crippen molar-refractivity contribution in [3.8, 4) is 5.88 Å². The van der Waals surface area contributed by atoms with E-state index in [0.29, 0.717) is 5.88 Å². The SMILES string of the molecule is Bc1cc(OP)ns1. The smallest absolute Gasteiger partial charge is 0.226 e. The van der Waals surface area contributed by atoms with Gasteiger partial charge in [-0.3, -0.25) is 0 Å². The molecule has 0 aliphatic rings. The standard InChI is InChI=1S/C3H5BNOPS/c4-2-1-3(6-7)5-8-2/h1H,4,7H2. The summed E-state index contributed by atoms with van der Waals surface area (Å²) in [7, 11) is 4.14. The largest absolute Gasteiger partial charge is 0.463 e. The lowest BCUT2D eigenvalue weighted by molar-refractivity contribution is 0.626. The third-order valence-electron chi connectivity index (χ3n) is 0.727. The molecule has 1 atom stereocenters. The van der Waals surface area contributed by atoms with Crippen LogP contribution in [0.4, 0.5) is 0 Å². The molecule has 1 unspecified atom stereocenters. The Hall–Kier alpha value is -0.0751. The lowest BCUT2D eigenvalue weighted by Crippen LogP contribution is -1.89. The highest BCUT2D eigenvalue weighted by atomic mass is 32.1. The molecule has 0 spiro atoms. The number of aromatic nitrogens is 1. The molecule has 1 rings (SSSR count). The molecule has 0 aliphatic carbocycles. The molecule has 0 N–H and O–H groups in total. The summed E-state index contributed by atoms with van der Waals surface area (Å²) in [6, 6.07) is 1.89. The first-order valence-corrected chi connectivity index (χ1v) is 3.37. The molecule has 8 heavy (non-hydrogen) atoms. The number of rotatable bonds is 1. The van der Waals surface area contributed by atoms with Gasteiger partial charge in [0.2, 0.25) is 5.88 Å². The Morgan fingerprint density at radius 1 is 1.88 bits per heavy atom.